The van der Waals surface area contributed by atoms with E-state index in [9.17, 15) is 19.7 Å². The zero-order chi connectivity index (χ0) is 14.0. The number of hydrogen-bond acceptors (Lipinski definition) is 5. The van der Waals surface area contributed by atoms with E-state index in [1.807, 2.05) is 6.08 Å². The van der Waals surface area contributed by atoms with Crippen LogP contribution in [0.3, 0.4) is 0 Å². The molecule has 100 valence electrons. The van der Waals surface area contributed by atoms with Crippen LogP contribution in [0.4, 0.5) is 5.69 Å². The lowest BCUT2D eigenvalue weighted by atomic mass is 9.60. The number of nitrogens with zero attached hydrogens (tertiary/aromatic N) is 1. The van der Waals surface area contributed by atoms with Crippen LogP contribution in [0.25, 0.3) is 0 Å². The summed E-state index contributed by atoms with van der Waals surface area (Å²) in [5.74, 6) is -2.99. The van der Waals surface area contributed by atoms with Crippen LogP contribution in [0.2, 0.25) is 0 Å². The Morgan fingerprint density at radius 1 is 1.05 bits per heavy atom. The molecule has 6 nitrogen and oxygen atoms in total. The molecule has 0 spiro atoms. The third kappa shape index (κ3) is 1.18. The largest absolute Gasteiger partial charge is 0.393 e. The lowest BCUT2D eigenvalue weighted by molar-refractivity contribution is -0.385. The molecule has 2 bridgehead atoms. The zero-order valence-electron chi connectivity index (χ0n) is 10.2. The maximum atomic E-state index is 11.9. The normalized spacial score (nSPS) is 32.8. The molecule has 4 unspecified atom stereocenters. The van der Waals surface area contributed by atoms with Crippen LogP contribution in [-0.2, 0) is 14.3 Å². The second-order valence-electron chi connectivity index (χ2n) is 5.27. The average Bonchev–Trinajstić information content (AvgIpc) is 2.76. The monoisotopic (exact) mass is 271 g/mol. The molecule has 20 heavy (non-hydrogen) atoms. The Morgan fingerprint density at radius 2 is 1.70 bits per heavy atom. The summed E-state index contributed by atoms with van der Waals surface area (Å²) in [5, 5.41) is 11.2. The fraction of sp³-hybridized carbons (Fsp3) is 0.286. The number of allylic oxidation sites excluding steroid dienone is 2. The highest BCUT2D eigenvalue weighted by Crippen LogP contribution is 2.56. The van der Waals surface area contributed by atoms with Crippen LogP contribution in [-0.4, -0.2) is 16.9 Å². The number of benzene rings is 1. The van der Waals surface area contributed by atoms with Gasteiger partial charge in [0.2, 0.25) is 0 Å². The van der Waals surface area contributed by atoms with E-state index in [1.54, 1.807) is 18.2 Å². The predicted molar refractivity (Wildman–Crippen MR) is 65.8 cm³/mol. The Morgan fingerprint density at radius 3 is 2.40 bits per heavy atom. The predicted octanol–water partition coefficient (Wildman–Crippen LogP) is 1.66. The van der Waals surface area contributed by atoms with Crippen molar-refractivity contribution in [2.45, 2.75) is 11.8 Å². The summed E-state index contributed by atoms with van der Waals surface area (Å²) < 4.78 is 4.73. The standard InChI is InChI=1S/C14H9NO5/c16-13-11-7-4-5-8(12(11)14(17)20-13)10-6(7)2-1-3-9(10)15(18)19/h1-5,7-8,11-12H. The highest BCUT2D eigenvalue weighted by Gasteiger charge is 2.58. The summed E-state index contributed by atoms with van der Waals surface area (Å²) in [6.45, 7) is 0. The highest BCUT2D eigenvalue weighted by atomic mass is 16.6. The molecule has 0 radical (unpaired) electrons. The maximum Gasteiger partial charge on any atom is 0.318 e. The molecule has 1 fully saturated rings. The quantitative estimate of drug-likeness (QED) is 0.255. The SMILES string of the molecule is O=C1OC(=O)C2C3C=CC(c4cccc([N+](=O)[O-])c43)C12. The van der Waals surface area contributed by atoms with Gasteiger partial charge in [0.1, 0.15) is 0 Å². The van der Waals surface area contributed by atoms with Gasteiger partial charge in [-0.05, 0) is 5.56 Å². The molecule has 3 aliphatic carbocycles. The number of nitro benzene ring substituents is 1. The second-order valence-corrected chi connectivity index (χ2v) is 5.27. The van der Waals surface area contributed by atoms with Gasteiger partial charge in [0.05, 0.1) is 16.8 Å². The molecule has 1 aromatic rings. The van der Waals surface area contributed by atoms with Crippen molar-refractivity contribution in [3.63, 3.8) is 0 Å². The van der Waals surface area contributed by atoms with E-state index >= 15 is 0 Å². The van der Waals surface area contributed by atoms with E-state index in [1.165, 1.54) is 6.07 Å². The van der Waals surface area contributed by atoms with Crippen LogP contribution < -0.4 is 0 Å². The van der Waals surface area contributed by atoms with E-state index in [0.29, 0.717) is 5.56 Å². The highest BCUT2D eigenvalue weighted by molar-refractivity contribution is 5.99. The van der Waals surface area contributed by atoms with Crippen molar-refractivity contribution in [2.75, 3.05) is 0 Å². The minimum Gasteiger partial charge on any atom is -0.393 e. The first kappa shape index (κ1) is 11.3. The van der Waals surface area contributed by atoms with Gasteiger partial charge in [0, 0.05) is 23.5 Å². The Balaban J connectivity index is 1.98. The number of esters is 2. The molecule has 1 heterocycles. The molecule has 0 aromatic heterocycles. The molecule has 1 aliphatic heterocycles. The van der Waals surface area contributed by atoms with Crippen LogP contribution >= 0.6 is 0 Å². The first-order valence-electron chi connectivity index (χ1n) is 6.30. The van der Waals surface area contributed by atoms with Gasteiger partial charge in [-0.25, -0.2) is 0 Å². The molecule has 0 N–H and O–H groups in total. The summed E-state index contributed by atoms with van der Waals surface area (Å²) in [5.41, 5.74) is 1.32. The molecular weight excluding hydrogens is 262 g/mol. The zero-order valence-corrected chi connectivity index (χ0v) is 10.2. The minimum absolute atomic E-state index is 0.00690. The van der Waals surface area contributed by atoms with Crippen molar-refractivity contribution in [3.05, 3.63) is 51.6 Å². The Kier molecular flexibility index (Phi) is 2.00. The molecular formula is C14H9NO5. The van der Waals surface area contributed by atoms with E-state index < -0.39 is 34.6 Å². The molecule has 0 saturated carbocycles. The minimum atomic E-state index is -0.619. The smallest absolute Gasteiger partial charge is 0.318 e. The molecule has 4 atom stereocenters. The fourth-order valence-corrected chi connectivity index (χ4v) is 3.70. The van der Waals surface area contributed by atoms with Crippen molar-refractivity contribution in [1.82, 2.24) is 0 Å². The number of carbonyl (C=O) groups is 2. The van der Waals surface area contributed by atoms with E-state index in [0.717, 1.165) is 5.56 Å². The molecule has 1 aromatic carbocycles. The number of rotatable bonds is 1. The fourth-order valence-electron chi connectivity index (χ4n) is 3.70. The van der Waals surface area contributed by atoms with Crippen molar-refractivity contribution in [3.8, 4) is 0 Å². The lowest BCUT2D eigenvalue weighted by Gasteiger charge is -2.38. The van der Waals surface area contributed by atoms with Gasteiger partial charge in [-0.1, -0.05) is 24.3 Å². The van der Waals surface area contributed by atoms with Crippen molar-refractivity contribution < 1.29 is 19.2 Å². The van der Waals surface area contributed by atoms with E-state index in [4.69, 9.17) is 4.74 Å². The Hall–Kier alpha value is -2.50. The number of cyclic esters (lactones) is 2. The van der Waals surface area contributed by atoms with Gasteiger partial charge in [-0.2, -0.15) is 0 Å². The molecule has 6 heteroatoms. The van der Waals surface area contributed by atoms with Gasteiger partial charge in [0.15, 0.2) is 0 Å². The van der Waals surface area contributed by atoms with Crippen LogP contribution in [0.1, 0.15) is 23.0 Å². The average molecular weight is 271 g/mol. The summed E-state index contributed by atoms with van der Waals surface area (Å²) in [4.78, 5) is 34.4. The first-order chi connectivity index (χ1) is 9.59. The first-order valence-corrected chi connectivity index (χ1v) is 6.30. The number of hydrogen-bond donors (Lipinski definition) is 0. The van der Waals surface area contributed by atoms with Gasteiger partial charge in [0.25, 0.3) is 5.69 Å². The van der Waals surface area contributed by atoms with Crippen LogP contribution in [0, 0.1) is 22.0 Å². The van der Waals surface area contributed by atoms with Crippen molar-refractivity contribution in [2.24, 2.45) is 11.8 Å². The number of ether oxygens (including phenoxy) is 1. The summed E-state index contributed by atoms with van der Waals surface area (Å²) in [7, 11) is 0. The van der Waals surface area contributed by atoms with E-state index in [-0.39, 0.29) is 11.6 Å². The van der Waals surface area contributed by atoms with Gasteiger partial charge >= 0.3 is 11.9 Å². The van der Waals surface area contributed by atoms with Crippen LogP contribution in [0.5, 0.6) is 0 Å². The summed E-state index contributed by atoms with van der Waals surface area (Å²) in [6.07, 6.45) is 3.65. The van der Waals surface area contributed by atoms with Crippen molar-refractivity contribution in [1.29, 1.82) is 0 Å². The Bertz CT molecular complexity index is 708. The lowest BCUT2D eigenvalue weighted by Crippen LogP contribution is -2.37. The third-order valence-corrected chi connectivity index (χ3v) is 4.44. The second kappa shape index (κ2) is 3.53. The van der Waals surface area contributed by atoms with E-state index in [2.05, 4.69) is 0 Å². The summed E-state index contributed by atoms with van der Waals surface area (Å²) >= 11 is 0. The molecule has 4 aliphatic rings. The molecule has 5 rings (SSSR count). The summed E-state index contributed by atoms with van der Waals surface area (Å²) in [6, 6.07) is 4.84. The third-order valence-electron chi connectivity index (χ3n) is 4.44. The maximum absolute atomic E-state index is 11.9. The van der Waals surface area contributed by atoms with Gasteiger partial charge < -0.3 is 4.74 Å². The van der Waals surface area contributed by atoms with Gasteiger partial charge in [-0.15, -0.1) is 0 Å². The number of carbonyl (C=O) groups excluding carboxylic acids is 2. The topological polar surface area (TPSA) is 86.5 Å². The van der Waals surface area contributed by atoms with Gasteiger partial charge in [-0.3, -0.25) is 19.7 Å². The molecule has 0 amide bonds. The van der Waals surface area contributed by atoms with Crippen molar-refractivity contribution >= 4 is 17.6 Å². The number of nitro groups is 1. The molecule has 1 saturated heterocycles. The Labute approximate surface area is 113 Å². The van der Waals surface area contributed by atoms with Crippen LogP contribution in [0.15, 0.2) is 30.4 Å².